The summed E-state index contributed by atoms with van der Waals surface area (Å²) in [6.45, 7) is 4.71. The summed E-state index contributed by atoms with van der Waals surface area (Å²) in [7, 11) is 0. The molecule has 1 aromatic carbocycles. The van der Waals surface area contributed by atoms with Crippen LogP contribution >= 0.6 is 0 Å². The maximum absolute atomic E-state index is 12.4. The lowest BCUT2D eigenvalue weighted by Gasteiger charge is -2.16. The minimum absolute atomic E-state index is 0.0837. The lowest BCUT2D eigenvalue weighted by atomic mass is 10.1. The molecule has 0 saturated carbocycles. The number of fused-ring (bicyclic) bond motifs is 1. The third-order valence-electron chi connectivity index (χ3n) is 4.85. The molecular weight excluding hydrogens is 328 g/mol. The van der Waals surface area contributed by atoms with Gasteiger partial charge in [0.05, 0.1) is 11.6 Å². The van der Waals surface area contributed by atoms with E-state index in [1.54, 1.807) is 17.2 Å². The minimum Gasteiger partial charge on any atom is -0.356 e. The summed E-state index contributed by atoms with van der Waals surface area (Å²) in [6, 6.07) is 8.04. The molecule has 134 valence electrons. The summed E-state index contributed by atoms with van der Waals surface area (Å²) >= 11 is 0. The number of hydrogen-bond acceptors (Lipinski definition) is 5. The van der Waals surface area contributed by atoms with Crippen molar-refractivity contribution in [1.29, 1.82) is 0 Å². The van der Waals surface area contributed by atoms with Gasteiger partial charge in [0.2, 0.25) is 5.91 Å². The molecule has 0 spiro atoms. The van der Waals surface area contributed by atoms with Gasteiger partial charge in [-0.1, -0.05) is 24.3 Å². The first-order valence-electron chi connectivity index (χ1n) is 8.95. The van der Waals surface area contributed by atoms with E-state index in [0.29, 0.717) is 12.2 Å². The third kappa shape index (κ3) is 3.24. The largest absolute Gasteiger partial charge is 0.356 e. The van der Waals surface area contributed by atoms with E-state index in [0.717, 1.165) is 29.9 Å². The highest BCUT2D eigenvalue weighted by molar-refractivity contribution is 5.88. The van der Waals surface area contributed by atoms with Crippen molar-refractivity contribution < 1.29 is 4.79 Å². The van der Waals surface area contributed by atoms with Crippen LogP contribution in [0, 0.1) is 6.92 Å². The number of hydrogen-bond donors (Lipinski definition) is 1. The Morgan fingerprint density at radius 3 is 2.81 bits per heavy atom. The van der Waals surface area contributed by atoms with Crippen molar-refractivity contribution in [3.63, 3.8) is 0 Å². The van der Waals surface area contributed by atoms with Crippen molar-refractivity contribution in [2.75, 3.05) is 18.0 Å². The molecule has 0 atom stereocenters. The van der Waals surface area contributed by atoms with Crippen molar-refractivity contribution in [3.8, 4) is 0 Å². The molecule has 2 aromatic heterocycles. The van der Waals surface area contributed by atoms with E-state index in [-0.39, 0.29) is 12.5 Å². The van der Waals surface area contributed by atoms with E-state index in [1.807, 2.05) is 31.2 Å². The molecule has 0 aliphatic carbocycles. The third-order valence-corrected chi connectivity index (χ3v) is 4.85. The van der Waals surface area contributed by atoms with Gasteiger partial charge < -0.3 is 10.2 Å². The molecule has 1 fully saturated rings. The van der Waals surface area contributed by atoms with Crippen molar-refractivity contribution in [3.05, 3.63) is 47.9 Å². The van der Waals surface area contributed by atoms with Gasteiger partial charge in [0.1, 0.15) is 18.7 Å². The Balaban J connectivity index is 1.48. The first kappa shape index (κ1) is 16.5. The molecule has 3 heterocycles. The number of benzene rings is 1. The van der Waals surface area contributed by atoms with Crippen molar-refractivity contribution in [1.82, 2.24) is 25.1 Å². The fourth-order valence-electron chi connectivity index (χ4n) is 3.37. The molecule has 26 heavy (non-hydrogen) atoms. The van der Waals surface area contributed by atoms with E-state index < -0.39 is 0 Å². The van der Waals surface area contributed by atoms with Crippen LogP contribution in [0.5, 0.6) is 0 Å². The smallest absolute Gasteiger partial charge is 0.242 e. The van der Waals surface area contributed by atoms with Crippen LogP contribution in [0.15, 0.2) is 36.8 Å². The number of amides is 1. The summed E-state index contributed by atoms with van der Waals surface area (Å²) in [6.07, 6.45) is 5.68. The van der Waals surface area contributed by atoms with Gasteiger partial charge in [-0.05, 0) is 30.9 Å². The quantitative estimate of drug-likeness (QED) is 0.762. The fraction of sp³-hybridized carbons (Fsp3) is 0.368. The molecule has 1 aliphatic heterocycles. The second kappa shape index (κ2) is 7.11. The van der Waals surface area contributed by atoms with E-state index in [2.05, 4.69) is 25.3 Å². The average Bonchev–Trinajstić information content (AvgIpc) is 3.31. The maximum atomic E-state index is 12.4. The fourth-order valence-corrected chi connectivity index (χ4v) is 3.37. The van der Waals surface area contributed by atoms with Crippen LogP contribution in [-0.4, -0.2) is 38.7 Å². The highest BCUT2D eigenvalue weighted by atomic mass is 16.2. The van der Waals surface area contributed by atoms with Gasteiger partial charge in [0.15, 0.2) is 5.65 Å². The van der Waals surface area contributed by atoms with Crippen LogP contribution in [0.2, 0.25) is 0 Å². The zero-order valence-electron chi connectivity index (χ0n) is 14.9. The highest BCUT2D eigenvalue weighted by Crippen LogP contribution is 2.25. The Hall–Kier alpha value is -2.96. The van der Waals surface area contributed by atoms with E-state index in [4.69, 9.17) is 0 Å². The number of rotatable bonds is 5. The summed E-state index contributed by atoms with van der Waals surface area (Å²) < 4.78 is 1.64. The Labute approximate surface area is 152 Å². The summed E-state index contributed by atoms with van der Waals surface area (Å²) in [5.74, 6) is 0.832. The van der Waals surface area contributed by atoms with Gasteiger partial charge >= 0.3 is 0 Å². The van der Waals surface area contributed by atoms with Crippen LogP contribution in [0.1, 0.15) is 24.0 Å². The highest BCUT2D eigenvalue weighted by Gasteiger charge is 2.19. The van der Waals surface area contributed by atoms with Gasteiger partial charge in [0, 0.05) is 19.6 Å². The number of nitrogens with zero attached hydrogens (tertiary/aromatic N) is 5. The van der Waals surface area contributed by atoms with Crippen LogP contribution in [-0.2, 0) is 17.9 Å². The average molecular weight is 350 g/mol. The van der Waals surface area contributed by atoms with Gasteiger partial charge in [-0.2, -0.15) is 5.10 Å². The SMILES string of the molecule is Cc1ccccc1CNC(=O)Cn1ncc2c(N3CCCC3)ncnc21. The van der Waals surface area contributed by atoms with Crippen molar-refractivity contribution in [2.24, 2.45) is 0 Å². The molecule has 3 aromatic rings. The molecule has 1 aliphatic rings. The Morgan fingerprint density at radius 2 is 2.00 bits per heavy atom. The summed E-state index contributed by atoms with van der Waals surface area (Å²) in [5, 5.41) is 8.23. The van der Waals surface area contributed by atoms with Crippen molar-refractivity contribution in [2.45, 2.75) is 32.9 Å². The zero-order valence-corrected chi connectivity index (χ0v) is 14.9. The number of anilines is 1. The number of carbonyl (C=O) groups is 1. The summed E-state index contributed by atoms with van der Waals surface area (Å²) in [4.78, 5) is 23.4. The van der Waals surface area contributed by atoms with Crippen molar-refractivity contribution >= 4 is 22.8 Å². The molecule has 0 unspecified atom stereocenters. The maximum Gasteiger partial charge on any atom is 0.242 e. The molecule has 1 saturated heterocycles. The predicted molar refractivity (Wildman–Crippen MR) is 99.8 cm³/mol. The molecule has 1 N–H and O–H groups in total. The van der Waals surface area contributed by atoms with Crippen LogP contribution < -0.4 is 10.2 Å². The molecule has 7 nitrogen and oxygen atoms in total. The topological polar surface area (TPSA) is 75.9 Å². The van der Waals surface area contributed by atoms with Crippen LogP contribution in [0.3, 0.4) is 0 Å². The molecule has 0 bridgehead atoms. The van der Waals surface area contributed by atoms with Crippen LogP contribution in [0.4, 0.5) is 5.82 Å². The number of aromatic nitrogens is 4. The Kier molecular flexibility index (Phi) is 4.51. The summed E-state index contributed by atoms with van der Waals surface area (Å²) in [5.41, 5.74) is 2.98. The molecule has 4 rings (SSSR count). The Morgan fingerprint density at radius 1 is 1.19 bits per heavy atom. The normalized spacial score (nSPS) is 14.1. The van der Waals surface area contributed by atoms with Gasteiger partial charge in [-0.25, -0.2) is 14.6 Å². The number of carbonyl (C=O) groups excluding carboxylic acids is 1. The minimum atomic E-state index is -0.0837. The van der Waals surface area contributed by atoms with E-state index >= 15 is 0 Å². The first-order valence-corrected chi connectivity index (χ1v) is 8.95. The second-order valence-electron chi connectivity index (χ2n) is 6.63. The molecule has 7 heteroatoms. The Bertz CT molecular complexity index is 929. The van der Waals surface area contributed by atoms with Gasteiger partial charge in [0.25, 0.3) is 0 Å². The first-order chi connectivity index (χ1) is 12.7. The van der Waals surface area contributed by atoms with Gasteiger partial charge in [-0.15, -0.1) is 0 Å². The number of nitrogens with one attached hydrogen (secondary N) is 1. The lowest BCUT2D eigenvalue weighted by molar-refractivity contribution is -0.121. The lowest BCUT2D eigenvalue weighted by Crippen LogP contribution is -2.28. The van der Waals surface area contributed by atoms with Gasteiger partial charge in [-0.3, -0.25) is 4.79 Å². The zero-order chi connectivity index (χ0) is 17.9. The monoisotopic (exact) mass is 350 g/mol. The molecule has 0 radical (unpaired) electrons. The predicted octanol–water partition coefficient (Wildman–Crippen LogP) is 2.05. The van der Waals surface area contributed by atoms with E-state index in [1.165, 1.54) is 18.4 Å². The molecular formula is C19H22N6O. The number of aryl methyl sites for hydroxylation is 1. The molecule has 1 amide bonds. The van der Waals surface area contributed by atoms with Crippen LogP contribution in [0.25, 0.3) is 11.0 Å². The standard InChI is InChI=1S/C19H22N6O/c1-14-6-2-3-7-15(14)10-20-17(26)12-25-19-16(11-23-25)18(21-13-22-19)24-8-4-5-9-24/h2-3,6-7,11,13H,4-5,8-10,12H2,1H3,(H,20,26). The van der Waals surface area contributed by atoms with E-state index in [9.17, 15) is 4.79 Å². The second-order valence-corrected chi connectivity index (χ2v) is 6.63.